The molecule has 156 valence electrons. The van der Waals surface area contributed by atoms with Gasteiger partial charge in [0.1, 0.15) is 12.2 Å². The molecule has 2 aliphatic heterocycles. The number of terminal acetylenes is 1. The maximum absolute atomic E-state index is 7.11. The van der Waals surface area contributed by atoms with Gasteiger partial charge in [0, 0.05) is 12.8 Å². The molecule has 0 aromatic rings. The van der Waals surface area contributed by atoms with Gasteiger partial charge in [0.15, 0.2) is 5.79 Å². The van der Waals surface area contributed by atoms with Crippen LogP contribution in [0.4, 0.5) is 0 Å². The second kappa shape index (κ2) is 8.96. The lowest BCUT2D eigenvalue weighted by Gasteiger charge is -2.45. The van der Waals surface area contributed by atoms with Crippen LogP contribution in [0.3, 0.4) is 0 Å². The van der Waals surface area contributed by atoms with Crippen LogP contribution in [-0.4, -0.2) is 45.1 Å². The van der Waals surface area contributed by atoms with Gasteiger partial charge in [-0.15, -0.1) is 12.3 Å². The van der Waals surface area contributed by atoms with E-state index in [0.29, 0.717) is 23.2 Å². The zero-order valence-corrected chi connectivity index (χ0v) is 19.6. The van der Waals surface area contributed by atoms with E-state index in [-0.39, 0.29) is 24.4 Å². The molecule has 27 heavy (non-hydrogen) atoms. The molecule has 4 nitrogen and oxygen atoms in total. The summed E-state index contributed by atoms with van der Waals surface area (Å²) < 4.78 is 25.5. The van der Waals surface area contributed by atoms with Gasteiger partial charge in [-0.1, -0.05) is 41.5 Å². The lowest BCUT2D eigenvalue weighted by molar-refractivity contribution is -0.160. The van der Waals surface area contributed by atoms with Gasteiger partial charge >= 0.3 is 0 Å². The van der Waals surface area contributed by atoms with Gasteiger partial charge in [-0.05, 0) is 36.9 Å². The lowest BCUT2D eigenvalue weighted by atomic mass is 10.1. The van der Waals surface area contributed by atoms with Crippen LogP contribution in [0.1, 0.15) is 74.7 Å². The first-order valence-electron chi connectivity index (χ1n) is 10.6. The van der Waals surface area contributed by atoms with Crippen molar-refractivity contribution in [3.63, 3.8) is 0 Å². The Labute approximate surface area is 167 Å². The van der Waals surface area contributed by atoms with Crippen molar-refractivity contribution < 1.29 is 18.6 Å². The summed E-state index contributed by atoms with van der Waals surface area (Å²) in [6, 6.07) is 0. The molecule has 2 saturated heterocycles. The van der Waals surface area contributed by atoms with E-state index < -0.39 is 14.1 Å². The summed E-state index contributed by atoms with van der Waals surface area (Å²) in [6.07, 6.45) is 8.01. The molecule has 0 N–H and O–H groups in total. The molecule has 0 aliphatic carbocycles. The minimum Gasteiger partial charge on any atom is -0.410 e. The summed E-state index contributed by atoms with van der Waals surface area (Å²) in [5.41, 5.74) is 1.63. The molecule has 2 rings (SSSR count). The number of rotatable bonds is 8. The quantitative estimate of drug-likeness (QED) is 0.414. The van der Waals surface area contributed by atoms with Crippen molar-refractivity contribution in [2.75, 3.05) is 6.61 Å². The number of ether oxygens (including phenoxy) is 3. The minimum absolute atomic E-state index is 0.0501. The van der Waals surface area contributed by atoms with E-state index in [2.05, 4.69) is 47.5 Å². The van der Waals surface area contributed by atoms with Gasteiger partial charge in [0.2, 0.25) is 8.32 Å². The lowest BCUT2D eigenvalue weighted by Crippen LogP contribution is -2.53. The maximum Gasteiger partial charge on any atom is 0.200 e. The zero-order chi connectivity index (χ0) is 20.4. The highest BCUT2D eigenvalue weighted by atomic mass is 28.4. The van der Waals surface area contributed by atoms with Crippen LogP contribution >= 0.6 is 0 Å². The van der Waals surface area contributed by atoms with E-state index in [9.17, 15) is 0 Å². The van der Waals surface area contributed by atoms with Crippen LogP contribution < -0.4 is 0 Å². The summed E-state index contributed by atoms with van der Waals surface area (Å²) in [7, 11) is -2.00. The Kier molecular flexibility index (Phi) is 7.60. The molecule has 5 heteroatoms. The summed E-state index contributed by atoms with van der Waals surface area (Å²) in [5.74, 6) is 2.18. The number of hydrogen-bond donors (Lipinski definition) is 0. The molecular weight excluding hydrogens is 356 g/mol. The predicted molar refractivity (Wildman–Crippen MR) is 112 cm³/mol. The third kappa shape index (κ3) is 4.97. The Morgan fingerprint density at radius 2 is 1.70 bits per heavy atom. The molecule has 0 aromatic carbocycles. The summed E-state index contributed by atoms with van der Waals surface area (Å²) in [6.45, 7) is 18.4. The molecule has 0 aromatic heterocycles. The predicted octanol–water partition coefficient (Wildman–Crippen LogP) is 5.27. The largest absolute Gasteiger partial charge is 0.410 e. The fourth-order valence-corrected chi connectivity index (χ4v) is 10.8. The van der Waals surface area contributed by atoms with Gasteiger partial charge < -0.3 is 18.6 Å². The average Bonchev–Trinajstić information content (AvgIpc) is 3.12. The first-order chi connectivity index (χ1) is 12.5. The van der Waals surface area contributed by atoms with Crippen molar-refractivity contribution in [1.82, 2.24) is 0 Å². The van der Waals surface area contributed by atoms with E-state index >= 15 is 0 Å². The number of hydrogen-bond acceptors (Lipinski definition) is 4. The molecule has 2 heterocycles. The first kappa shape index (κ1) is 22.9. The first-order valence-corrected chi connectivity index (χ1v) is 12.8. The van der Waals surface area contributed by atoms with Crippen LogP contribution in [0.2, 0.25) is 16.6 Å². The van der Waals surface area contributed by atoms with Gasteiger partial charge in [-0.3, -0.25) is 0 Å². The molecular formula is C22H40O4Si. The SMILES string of the molecule is C#CCC[C@@H]1C[C@@H](O[Si](C(C)C)(C(C)C)C(C)C)[C@@H]([C@@H]2COC(C)(C)O2)O1. The van der Waals surface area contributed by atoms with Crippen molar-refractivity contribution >= 4 is 8.32 Å². The highest BCUT2D eigenvalue weighted by molar-refractivity contribution is 6.77. The Bertz CT molecular complexity index is 501. The zero-order valence-electron chi connectivity index (χ0n) is 18.6. The molecule has 2 fully saturated rings. The highest BCUT2D eigenvalue weighted by Crippen LogP contribution is 2.46. The highest BCUT2D eigenvalue weighted by Gasteiger charge is 2.52. The molecule has 0 radical (unpaired) electrons. The summed E-state index contributed by atoms with van der Waals surface area (Å²) in [5, 5.41) is 0. The van der Waals surface area contributed by atoms with E-state index in [0.717, 1.165) is 19.3 Å². The molecule has 0 unspecified atom stereocenters. The molecule has 0 spiro atoms. The van der Waals surface area contributed by atoms with Gasteiger partial charge in [0.25, 0.3) is 0 Å². The third-order valence-corrected chi connectivity index (χ3v) is 12.4. The van der Waals surface area contributed by atoms with Crippen molar-refractivity contribution in [1.29, 1.82) is 0 Å². The molecule has 2 aliphatic rings. The molecule has 0 amide bonds. The van der Waals surface area contributed by atoms with Crippen LogP contribution in [0, 0.1) is 12.3 Å². The summed E-state index contributed by atoms with van der Waals surface area (Å²) in [4.78, 5) is 0. The van der Waals surface area contributed by atoms with Crippen molar-refractivity contribution in [2.45, 2.75) is 121 Å². The second-order valence-corrected chi connectivity index (χ2v) is 14.9. The van der Waals surface area contributed by atoms with Crippen molar-refractivity contribution in [3.05, 3.63) is 0 Å². The normalized spacial score (nSPS) is 31.2. The fraction of sp³-hybridized carbons (Fsp3) is 0.909. The maximum atomic E-state index is 7.11. The molecule has 4 atom stereocenters. The van der Waals surface area contributed by atoms with E-state index in [1.165, 1.54) is 0 Å². The second-order valence-electron chi connectivity index (χ2n) is 9.54. The van der Waals surface area contributed by atoms with Gasteiger partial charge in [-0.2, -0.15) is 0 Å². The van der Waals surface area contributed by atoms with Gasteiger partial charge in [-0.25, -0.2) is 0 Å². The smallest absolute Gasteiger partial charge is 0.200 e. The van der Waals surface area contributed by atoms with Gasteiger partial charge in [0.05, 0.1) is 18.8 Å². The van der Waals surface area contributed by atoms with Crippen LogP contribution in [-0.2, 0) is 18.6 Å². The van der Waals surface area contributed by atoms with Crippen molar-refractivity contribution in [2.24, 2.45) is 0 Å². The Morgan fingerprint density at radius 3 is 2.15 bits per heavy atom. The minimum atomic E-state index is -2.00. The van der Waals surface area contributed by atoms with E-state index in [1.54, 1.807) is 0 Å². The Hall–Kier alpha value is -0.383. The Balaban J connectivity index is 2.24. The fourth-order valence-electron chi connectivity index (χ4n) is 5.18. The summed E-state index contributed by atoms with van der Waals surface area (Å²) >= 11 is 0. The topological polar surface area (TPSA) is 36.9 Å². The average molecular weight is 397 g/mol. The van der Waals surface area contributed by atoms with Crippen LogP contribution in [0.5, 0.6) is 0 Å². The standard InChI is InChI=1S/C22H40O4Si/c1-10-11-12-18-13-19(21(24-18)20-14-23-22(8,9)25-20)26-27(15(2)3,16(4)5)17(6)7/h1,15-21H,11-14H2,2-9H3/t18-,19-,20+,21+/m1/s1. The third-order valence-electron chi connectivity index (χ3n) is 6.28. The van der Waals surface area contributed by atoms with Crippen LogP contribution in [0.25, 0.3) is 0 Å². The monoisotopic (exact) mass is 396 g/mol. The molecule has 0 saturated carbocycles. The Morgan fingerprint density at radius 1 is 1.11 bits per heavy atom. The van der Waals surface area contributed by atoms with E-state index in [1.807, 2.05) is 13.8 Å². The van der Waals surface area contributed by atoms with E-state index in [4.69, 9.17) is 25.1 Å². The van der Waals surface area contributed by atoms with Crippen molar-refractivity contribution in [3.8, 4) is 12.3 Å². The molecule has 0 bridgehead atoms. The van der Waals surface area contributed by atoms with Crippen LogP contribution in [0.15, 0.2) is 0 Å².